The molecular formula is C11H10FN3O3. The van der Waals surface area contributed by atoms with Gasteiger partial charge in [-0.1, -0.05) is 12.1 Å². The molecule has 0 aliphatic rings. The Morgan fingerprint density at radius 1 is 1.50 bits per heavy atom. The SMILES string of the molecule is O=[N+]([O-])c1cccc(Cn2ccnc2CO)c1F. The minimum atomic E-state index is -0.861. The molecule has 2 rings (SSSR count). The van der Waals surface area contributed by atoms with Crippen LogP contribution in [0.4, 0.5) is 10.1 Å². The normalized spacial score (nSPS) is 10.6. The molecule has 0 saturated heterocycles. The first-order valence-electron chi connectivity index (χ1n) is 5.16. The number of halogens is 1. The number of hydrogen-bond acceptors (Lipinski definition) is 4. The lowest BCUT2D eigenvalue weighted by atomic mass is 10.2. The maximum absolute atomic E-state index is 13.8. The fourth-order valence-corrected chi connectivity index (χ4v) is 1.65. The predicted octanol–water partition coefficient (Wildman–Crippen LogP) is 1.47. The molecule has 94 valence electrons. The average Bonchev–Trinajstić information content (AvgIpc) is 2.78. The van der Waals surface area contributed by atoms with Crippen molar-refractivity contribution >= 4 is 5.69 Å². The first kappa shape index (κ1) is 12.2. The highest BCUT2D eigenvalue weighted by Crippen LogP contribution is 2.21. The molecule has 0 amide bonds. The van der Waals surface area contributed by atoms with Gasteiger partial charge in [0.15, 0.2) is 0 Å². The van der Waals surface area contributed by atoms with Crippen molar-refractivity contribution in [3.8, 4) is 0 Å². The van der Waals surface area contributed by atoms with Crippen LogP contribution >= 0.6 is 0 Å². The van der Waals surface area contributed by atoms with E-state index in [1.54, 1.807) is 6.20 Å². The molecule has 0 bridgehead atoms. The highest BCUT2D eigenvalue weighted by molar-refractivity contribution is 5.36. The summed E-state index contributed by atoms with van der Waals surface area (Å²) in [5.74, 6) is -0.485. The van der Waals surface area contributed by atoms with E-state index in [0.717, 1.165) is 6.07 Å². The highest BCUT2D eigenvalue weighted by Gasteiger charge is 2.17. The molecular weight excluding hydrogens is 241 g/mol. The fourth-order valence-electron chi connectivity index (χ4n) is 1.65. The first-order chi connectivity index (χ1) is 8.63. The van der Waals surface area contributed by atoms with Crippen molar-refractivity contribution in [2.45, 2.75) is 13.2 Å². The zero-order chi connectivity index (χ0) is 13.1. The number of rotatable bonds is 4. The number of aromatic nitrogens is 2. The van der Waals surface area contributed by atoms with Crippen LogP contribution in [0.15, 0.2) is 30.6 Å². The summed E-state index contributed by atoms with van der Waals surface area (Å²) in [6, 6.07) is 4.00. The van der Waals surface area contributed by atoms with Crippen molar-refractivity contribution < 1.29 is 14.4 Å². The monoisotopic (exact) mass is 251 g/mol. The number of aliphatic hydroxyl groups excluding tert-OH is 1. The molecule has 0 fully saturated rings. The molecule has 0 spiro atoms. The van der Waals surface area contributed by atoms with E-state index in [0.29, 0.717) is 5.82 Å². The van der Waals surface area contributed by atoms with Gasteiger partial charge in [-0.15, -0.1) is 0 Å². The first-order valence-corrected chi connectivity index (χ1v) is 5.16. The Hall–Kier alpha value is -2.28. The third-order valence-electron chi connectivity index (χ3n) is 2.54. The van der Waals surface area contributed by atoms with Crippen LogP contribution in [-0.2, 0) is 13.2 Å². The summed E-state index contributed by atoms with van der Waals surface area (Å²) in [4.78, 5) is 13.7. The molecule has 1 aromatic heterocycles. The Labute approximate surface area is 101 Å². The summed E-state index contributed by atoms with van der Waals surface area (Å²) >= 11 is 0. The minimum Gasteiger partial charge on any atom is -0.388 e. The second-order valence-corrected chi connectivity index (χ2v) is 3.64. The van der Waals surface area contributed by atoms with Gasteiger partial charge in [-0.3, -0.25) is 10.1 Å². The van der Waals surface area contributed by atoms with Gasteiger partial charge in [0.1, 0.15) is 12.4 Å². The second kappa shape index (κ2) is 4.92. The van der Waals surface area contributed by atoms with E-state index in [2.05, 4.69) is 4.98 Å². The quantitative estimate of drug-likeness (QED) is 0.659. The molecule has 1 heterocycles. The molecule has 7 heteroatoms. The van der Waals surface area contributed by atoms with Gasteiger partial charge < -0.3 is 9.67 Å². The minimum absolute atomic E-state index is 0.0867. The average molecular weight is 251 g/mol. The fraction of sp³-hybridized carbons (Fsp3) is 0.182. The van der Waals surface area contributed by atoms with Crippen LogP contribution < -0.4 is 0 Å². The predicted molar refractivity (Wildman–Crippen MR) is 60.3 cm³/mol. The third kappa shape index (κ3) is 2.21. The third-order valence-corrected chi connectivity index (χ3v) is 2.54. The van der Waals surface area contributed by atoms with E-state index in [1.165, 1.54) is 22.9 Å². The number of imidazole rings is 1. The molecule has 0 aliphatic carbocycles. The van der Waals surface area contributed by atoms with Gasteiger partial charge in [0, 0.05) is 24.0 Å². The van der Waals surface area contributed by atoms with Crippen LogP contribution in [0.2, 0.25) is 0 Å². The number of nitrogens with zero attached hydrogens (tertiary/aromatic N) is 3. The van der Waals surface area contributed by atoms with Gasteiger partial charge in [0.05, 0.1) is 11.5 Å². The van der Waals surface area contributed by atoms with Crippen LogP contribution in [-0.4, -0.2) is 19.6 Å². The van der Waals surface area contributed by atoms with E-state index in [4.69, 9.17) is 5.11 Å². The topological polar surface area (TPSA) is 81.2 Å². The van der Waals surface area contributed by atoms with Crippen molar-refractivity contribution in [1.82, 2.24) is 9.55 Å². The number of benzene rings is 1. The molecule has 0 saturated carbocycles. The zero-order valence-electron chi connectivity index (χ0n) is 9.28. The van der Waals surface area contributed by atoms with E-state index in [9.17, 15) is 14.5 Å². The van der Waals surface area contributed by atoms with Crippen LogP contribution in [0.1, 0.15) is 11.4 Å². The van der Waals surface area contributed by atoms with Crippen molar-refractivity contribution in [3.05, 3.63) is 57.9 Å². The van der Waals surface area contributed by atoms with Crippen LogP contribution in [0, 0.1) is 15.9 Å². The number of nitro groups is 1. The molecule has 1 N–H and O–H groups in total. The summed E-state index contributed by atoms with van der Waals surface area (Å²) in [5.41, 5.74) is -0.380. The van der Waals surface area contributed by atoms with Crippen molar-refractivity contribution in [3.63, 3.8) is 0 Å². The Balaban J connectivity index is 2.35. The Kier molecular flexibility index (Phi) is 3.33. The maximum atomic E-state index is 13.8. The summed E-state index contributed by atoms with van der Waals surface area (Å²) < 4.78 is 15.3. The summed E-state index contributed by atoms with van der Waals surface area (Å²) in [6.45, 7) is -0.188. The second-order valence-electron chi connectivity index (χ2n) is 3.64. The van der Waals surface area contributed by atoms with E-state index in [-0.39, 0.29) is 18.7 Å². The Morgan fingerprint density at radius 2 is 2.28 bits per heavy atom. The molecule has 0 unspecified atom stereocenters. The van der Waals surface area contributed by atoms with Gasteiger partial charge in [0.25, 0.3) is 0 Å². The lowest BCUT2D eigenvalue weighted by Gasteiger charge is -2.07. The van der Waals surface area contributed by atoms with Crippen molar-refractivity contribution in [1.29, 1.82) is 0 Å². The van der Waals surface area contributed by atoms with E-state index in [1.807, 2.05) is 0 Å². The standard InChI is InChI=1S/C11H10FN3O3/c12-11-8(2-1-3-9(11)15(17)18)6-14-5-4-13-10(14)7-16/h1-5,16H,6-7H2. The van der Waals surface area contributed by atoms with Gasteiger partial charge in [0.2, 0.25) is 5.82 Å². The van der Waals surface area contributed by atoms with Crippen molar-refractivity contribution in [2.75, 3.05) is 0 Å². The van der Waals surface area contributed by atoms with Crippen molar-refractivity contribution in [2.24, 2.45) is 0 Å². The molecule has 6 nitrogen and oxygen atoms in total. The van der Waals surface area contributed by atoms with E-state index < -0.39 is 16.4 Å². The Morgan fingerprint density at radius 3 is 2.94 bits per heavy atom. The molecule has 18 heavy (non-hydrogen) atoms. The summed E-state index contributed by atoms with van der Waals surface area (Å²) in [5, 5.41) is 19.6. The Bertz CT molecular complexity index is 583. The number of nitro benzene ring substituents is 1. The van der Waals surface area contributed by atoms with E-state index >= 15 is 0 Å². The molecule has 0 atom stereocenters. The zero-order valence-corrected chi connectivity index (χ0v) is 9.28. The molecule has 0 aliphatic heterocycles. The summed E-state index contributed by atoms with van der Waals surface area (Å²) in [6.07, 6.45) is 3.05. The lowest BCUT2D eigenvalue weighted by Crippen LogP contribution is -2.07. The number of hydrogen-bond donors (Lipinski definition) is 1. The van der Waals surface area contributed by atoms with Gasteiger partial charge in [-0.25, -0.2) is 4.98 Å². The largest absolute Gasteiger partial charge is 0.388 e. The highest BCUT2D eigenvalue weighted by atomic mass is 19.1. The molecule has 2 aromatic rings. The maximum Gasteiger partial charge on any atom is 0.305 e. The lowest BCUT2D eigenvalue weighted by molar-refractivity contribution is -0.387. The number of aliphatic hydroxyl groups is 1. The smallest absolute Gasteiger partial charge is 0.305 e. The molecule has 0 radical (unpaired) electrons. The van der Waals surface area contributed by atoms with Gasteiger partial charge in [-0.2, -0.15) is 4.39 Å². The van der Waals surface area contributed by atoms with Crippen LogP contribution in [0.3, 0.4) is 0 Å². The van der Waals surface area contributed by atoms with Gasteiger partial charge >= 0.3 is 5.69 Å². The molecule has 1 aromatic carbocycles. The van der Waals surface area contributed by atoms with Crippen LogP contribution in [0.5, 0.6) is 0 Å². The summed E-state index contributed by atoms with van der Waals surface area (Å²) in [7, 11) is 0. The van der Waals surface area contributed by atoms with Gasteiger partial charge in [-0.05, 0) is 0 Å². The van der Waals surface area contributed by atoms with Crippen LogP contribution in [0.25, 0.3) is 0 Å².